The summed E-state index contributed by atoms with van der Waals surface area (Å²) < 4.78 is 4.67. The molecule has 2 unspecified atom stereocenters. The summed E-state index contributed by atoms with van der Waals surface area (Å²) in [7, 11) is 0. The topological polar surface area (TPSA) is 49.7 Å². The maximum atomic E-state index is 8.94. The average Bonchev–Trinajstić information content (AvgIpc) is 1.87. The van der Waals surface area contributed by atoms with Crippen LogP contribution < -0.4 is 0 Å². The van der Waals surface area contributed by atoms with Crippen molar-refractivity contribution in [1.29, 1.82) is 0 Å². The van der Waals surface area contributed by atoms with Crippen molar-refractivity contribution >= 4 is 0 Å². The van der Waals surface area contributed by atoms with E-state index in [4.69, 9.17) is 10.2 Å². The Kier molecular flexibility index (Phi) is 5.74. The zero-order valence-electron chi connectivity index (χ0n) is 6.77. The zero-order valence-corrected chi connectivity index (χ0v) is 6.77. The van der Waals surface area contributed by atoms with E-state index in [1.807, 2.05) is 0 Å². The summed E-state index contributed by atoms with van der Waals surface area (Å²) in [6, 6.07) is 0. The fourth-order valence-corrected chi connectivity index (χ4v) is 0.563. The number of hydrogen-bond acceptors (Lipinski definition) is 3. The summed E-state index contributed by atoms with van der Waals surface area (Å²) in [5.74, 6) is 0. The second-order valence-electron chi connectivity index (χ2n) is 1.97. The molecule has 11 heavy (non-hydrogen) atoms. The summed E-state index contributed by atoms with van der Waals surface area (Å²) in [4.78, 5) is 0. The first kappa shape index (κ1) is 10.4. The molecule has 2 atom stereocenters. The first-order valence-electron chi connectivity index (χ1n) is 3.48. The summed E-state index contributed by atoms with van der Waals surface area (Å²) in [6.45, 7) is 3.52. The van der Waals surface area contributed by atoms with E-state index in [1.54, 1.807) is 26.0 Å². The number of allylic oxidation sites excluding steroid dienone is 2. The SMILES string of the molecule is CC=CC(O)OC(O)C=CC. The molecule has 0 aromatic rings. The largest absolute Gasteiger partial charge is 0.365 e. The second-order valence-corrected chi connectivity index (χ2v) is 1.97. The van der Waals surface area contributed by atoms with Gasteiger partial charge >= 0.3 is 0 Å². The fraction of sp³-hybridized carbons (Fsp3) is 0.500. The van der Waals surface area contributed by atoms with Gasteiger partial charge in [-0.25, -0.2) is 0 Å². The zero-order chi connectivity index (χ0) is 8.69. The number of aliphatic hydroxyl groups is 2. The van der Waals surface area contributed by atoms with Crippen LogP contribution in [-0.2, 0) is 4.74 Å². The number of aliphatic hydroxyl groups excluding tert-OH is 2. The predicted octanol–water partition coefficient (Wildman–Crippen LogP) is 0.792. The second kappa shape index (κ2) is 6.09. The maximum Gasteiger partial charge on any atom is 0.177 e. The highest BCUT2D eigenvalue weighted by atomic mass is 16.7. The molecule has 2 N–H and O–H groups in total. The number of hydrogen-bond donors (Lipinski definition) is 2. The minimum atomic E-state index is -1.04. The highest BCUT2D eigenvalue weighted by Gasteiger charge is 2.03. The van der Waals surface area contributed by atoms with Crippen LogP contribution in [0.2, 0.25) is 0 Å². The third-order valence-electron chi connectivity index (χ3n) is 0.993. The Morgan fingerprint density at radius 3 is 1.64 bits per heavy atom. The third-order valence-corrected chi connectivity index (χ3v) is 0.993. The van der Waals surface area contributed by atoms with Crippen LogP contribution >= 0.6 is 0 Å². The van der Waals surface area contributed by atoms with E-state index in [2.05, 4.69) is 4.74 Å². The van der Waals surface area contributed by atoms with E-state index in [-0.39, 0.29) is 0 Å². The molecule has 0 rings (SSSR count). The van der Waals surface area contributed by atoms with Gasteiger partial charge in [-0.1, -0.05) is 12.2 Å². The molecule has 0 aromatic carbocycles. The van der Waals surface area contributed by atoms with Crippen LogP contribution in [0.1, 0.15) is 13.8 Å². The summed E-state index contributed by atoms with van der Waals surface area (Å²) >= 11 is 0. The van der Waals surface area contributed by atoms with Crippen molar-refractivity contribution in [2.75, 3.05) is 0 Å². The van der Waals surface area contributed by atoms with Crippen LogP contribution in [0, 0.1) is 0 Å². The molecule has 0 saturated heterocycles. The Hall–Kier alpha value is -0.640. The molecular weight excluding hydrogens is 144 g/mol. The van der Waals surface area contributed by atoms with E-state index in [0.29, 0.717) is 0 Å². The quantitative estimate of drug-likeness (QED) is 0.470. The standard InChI is InChI=1S/C8H14O3/c1-3-5-7(9)11-8(10)6-4-2/h3-10H,1-2H3. The molecule has 0 spiro atoms. The molecule has 0 aliphatic rings. The lowest BCUT2D eigenvalue weighted by Gasteiger charge is -2.10. The highest BCUT2D eigenvalue weighted by molar-refractivity contribution is 4.84. The van der Waals surface area contributed by atoms with Gasteiger partial charge in [0.1, 0.15) is 0 Å². The van der Waals surface area contributed by atoms with Gasteiger partial charge in [-0.15, -0.1) is 0 Å². The number of ether oxygens (including phenoxy) is 1. The minimum Gasteiger partial charge on any atom is -0.365 e. The Labute approximate surface area is 66.6 Å². The van der Waals surface area contributed by atoms with Crippen molar-refractivity contribution in [2.45, 2.75) is 26.4 Å². The molecule has 0 saturated carbocycles. The van der Waals surface area contributed by atoms with Crippen molar-refractivity contribution in [3.05, 3.63) is 24.3 Å². The Morgan fingerprint density at radius 1 is 1.00 bits per heavy atom. The van der Waals surface area contributed by atoms with Crippen LogP contribution in [0.4, 0.5) is 0 Å². The van der Waals surface area contributed by atoms with Gasteiger partial charge in [0.2, 0.25) is 0 Å². The minimum absolute atomic E-state index is 1.04. The molecular formula is C8H14O3. The van der Waals surface area contributed by atoms with E-state index in [0.717, 1.165) is 0 Å². The van der Waals surface area contributed by atoms with Crippen LogP contribution in [0.25, 0.3) is 0 Å². The summed E-state index contributed by atoms with van der Waals surface area (Å²) in [5, 5.41) is 17.9. The van der Waals surface area contributed by atoms with Crippen LogP contribution in [0.3, 0.4) is 0 Å². The lowest BCUT2D eigenvalue weighted by Crippen LogP contribution is -2.17. The highest BCUT2D eigenvalue weighted by Crippen LogP contribution is 1.96. The Morgan fingerprint density at radius 2 is 1.36 bits per heavy atom. The van der Waals surface area contributed by atoms with Crippen molar-refractivity contribution < 1.29 is 14.9 Å². The molecule has 3 heteroatoms. The Balaban J connectivity index is 3.65. The van der Waals surface area contributed by atoms with Crippen molar-refractivity contribution in [3.8, 4) is 0 Å². The van der Waals surface area contributed by atoms with E-state index in [9.17, 15) is 0 Å². The van der Waals surface area contributed by atoms with Gasteiger partial charge in [0.25, 0.3) is 0 Å². The van der Waals surface area contributed by atoms with Gasteiger partial charge in [0.05, 0.1) is 0 Å². The molecule has 0 aliphatic carbocycles. The van der Waals surface area contributed by atoms with Crippen molar-refractivity contribution in [3.63, 3.8) is 0 Å². The molecule has 0 amide bonds. The van der Waals surface area contributed by atoms with Crippen LogP contribution in [0.5, 0.6) is 0 Å². The fourth-order valence-electron chi connectivity index (χ4n) is 0.563. The lowest BCUT2D eigenvalue weighted by molar-refractivity contribution is -0.163. The summed E-state index contributed by atoms with van der Waals surface area (Å²) in [6.07, 6.45) is 4.09. The van der Waals surface area contributed by atoms with Gasteiger partial charge in [0.15, 0.2) is 12.6 Å². The monoisotopic (exact) mass is 158 g/mol. The number of rotatable bonds is 4. The smallest absolute Gasteiger partial charge is 0.177 e. The van der Waals surface area contributed by atoms with Gasteiger partial charge in [-0.2, -0.15) is 0 Å². The predicted molar refractivity (Wildman–Crippen MR) is 42.7 cm³/mol. The molecule has 0 bridgehead atoms. The lowest BCUT2D eigenvalue weighted by atomic mass is 10.5. The van der Waals surface area contributed by atoms with Gasteiger partial charge in [-0.05, 0) is 26.0 Å². The molecule has 0 fully saturated rings. The molecule has 64 valence electrons. The maximum absolute atomic E-state index is 8.94. The molecule has 0 aliphatic heterocycles. The van der Waals surface area contributed by atoms with Gasteiger partial charge in [-0.3, -0.25) is 0 Å². The molecule has 0 heterocycles. The molecule has 3 nitrogen and oxygen atoms in total. The van der Waals surface area contributed by atoms with Gasteiger partial charge < -0.3 is 14.9 Å². The van der Waals surface area contributed by atoms with Gasteiger partial charge in [0, 0.05) is 0 Å². The summed E-state index contributed by atoms with van der Waals surface area (Å²) in [5.41, 5.74) is 0. The van der Waals surface area contributed by atoms with Crippen molar-refractivity contribution in [2.24, 2.45) is 0 Å². The van der Waals surface area contributed by atoms with Crippen LogP contribution in [-0.4, -0.2) is 22.8 Å². The van der Waals surface area contributed by atoms with E-state index < -0.39 is 12.6 Å². The molecule has 0 aromatic heterocycles. The van der Waals surface area contributed by atoms with Crippen molar-refractivity contribution in [1.82, 2.24) is 0 Å². The first-order chi connectivity index (χ1) is 5.20. The van der Waals surface area contributed by atoms with E-state index >= 15 is 0 Å². The Bertz CT molecular complexity index is 124. The molecule has 0 radical (unpaired) electrons. The van der Waals surface area contributed by atoms with E-state index in [1.165, 1.54) is 12.2 Å². The first-order valence-corrected chi connectivity index (χ1v) is 3.48. The van der Waals surface area contributed by atoms with Crippen LogP contribution in [0.15, 0.2) is 24.3 Å². The normalized spacial score (nSPS) is 17.8. The average molecular weight is 158 g/mol. The third kappa shape index (κ3) is 5.79.